The number of aliphatic hydroxyl groups excluding tert-OH is 1. The second-order valence-electron chi connectivity index (χ2n) is 9.41. The first-order valence-electron chi connectivity index (χ1n) is 10.6. The van der Waals surface area contributed by atoms with Crippen LogP contribution in [0.15, 0.2) is 23.4 Å². The van der Waals surface area contributed by atoms with E-state index in [9.17, 15) is 18.6 Å². The van der Waals surface area contributed by atoms with Gasteiger partial charge in [0, 0.05) is 11.7 Å². The quantitative estimate of drug-likeness (QED) is 0.597. The van der Waals surface area contributed by atoms with Gasteiger partial charge in [-0.2, -0.15) is 0 Å². The molecule has 1 saturated heterocycles. The molecule has 2 fully saturated rings. The number of allylic oxidation sites excluding steroid dienone is 3. The van der Waals surface area contributed by atoms with Crippen molar-refractivity contribution in [3.05, 3.63) is 23.4 Å². The van der Waals surface area contributed by atoms with Crippen molar-refractivity contribution in [2.24, 2.45) is 5.92 Å². The predicted molar refractivity (Wildman–Crippen MR) is 112 cm³/mol. The molecule has 1 saturated carbocycles. The number of rotatable bonds is 6. The van der Waals surface area contributed by atoms with Crippen LogP contribution in [0.5, 0.6) is 0 Å². The van der Waals surface area contributed by atoms with Crippen molar-refractivity contribution in [1.29, 1.82) is 0 Å². The van der Waals surface area contributed by atoms with E-state index in [1.807, 2.05) is 37.8 Å². The van der Waals surface area contributed by atoms with E-state index in [4.69, 9.17) is 4.74 Å². The van der Waals surface area contributed by atoms with Crippen LogP contribution in [0.3, 0.4) is 0 Å². The number of fused-ring (bicyclic) bond motifs is 1. The van der Waals surface area contributed by atoms with Crippen LogP contribution < -0.4 is 4.72 Å². The Bertz CT molecular complexity index is 748. The topological polar surface area (TPSA) is 99.1 Å². The van der Waals surface area contributed by atoms with Crippen molar-refractivity contribution in [1.82, 2.24) is 9.62 Å². The molecular formula is C21H36N2O5S. The number of hydrogen-bond donors (Lipinski definition) is 3. The minimum atomic E-state index is -3.37. The molecule has 0 amide bonds. The van der Waals surface area contributed by atoms with Crippen molar-refractivity contribution in [3.63, 3.8) is 0 Å². The minimum Gasteiger partial charge on any atom is -0.390 e. The number of hydrogen-bond acceptors (Lipinski definition) is 6. The van der Waals surface area contributed by atoms with Crippen LogP contribution in [0, 0.1) is 5.92 Å². The fraction of sp³-hybridized carbons (Fsp3) is 0.810. The SMILES string of the molecule is CC1=CC=C2CCC(NS(C)(=O)=O)C(COC3CCC(C(C)(C)O)CC3)N2C1O. The smallest absolute Gasteiger partial charge is 0.209 e. The lowest BCUT2D eigenvalue weighted by Crippen LogP contribution is -2.60. The molecule has 8 heteroatoms. The lowest BCUT2D eigenvalue weighted by Gasteiger charge is -2.48. The minimum absolute atomic E-state index is 0.0976. The van der Waals surface area contributed by atoms with E-state index in [2.05, 4.69) is 4.72 Å². The first-order chi connectivity index (χ1) is 13.5. The van der Waals surface area contributed by atoms with Crippen LogP contribution in [0.25, 0.3) is 0 Å². The largest absolute Gasteiger partial charge is 0.390 e. The van der Waals surface area contributed by atoms with Gasteiger partial charge in [-0.15, -0.1) is 0 Å². The maximum absolute atomic E-state index is 11.9. The van der Waals surface area contributed by atoms with Crippen LogP contribution in [0.2, 0.25) is 0 Å². The van der Waals surface area contributed by atoms with Gasteiger partial charge in [-0.3, -0.25) is 0 Å². The summed E-state index contributed by atoms with van der Waals surface area (Å²) in [5, 5.41) is 21.0. The summed E-state index contributed by atoms with van der Waals surface area (Å²) < 4.78 is 32.8. The van der Waals surface area contributed by atoms with Crippen LogP contribution in [0.4, 0.5) is 0 Å². The second-order valence-corrected chi connectivity index (χ2v) is 11.2. The van der Waals surface area contributed by atoms with Crippen molar-refractivity contribution in [2.45, 2.75) is 89.3 Å². The molecule has 2 heterocycles. The number of ether oxygens (including phenoxy) is 1. The fourth-order valence-electron chi connectivity index (χ4n) is 4.85. The molecule has 3 atom stereocenters. The van der Waals surface area contributed by atoms with Gasteiger partial charge in [0.15, 0.2) is 0 Å². The molecule has 1 aliphatic carbocycles. The zero-order valence-electron chi connectivity index (χ0n) is 18.0. The van der Waals surface area contributed by atoms with Gasteiger partial charge in [-0.25, -0.2) is 13.1 Å². The third-order valence-electron chi connectivity index (χ3n) is 6.62. The summed E-state index contributed by atoms with van der Waals surface area (Å²) in [6.07, 6.45) is 9.44. The zero-order chi connectivity index (χ0) is 21.4. The Balaban J connectivity index is 1.69. The van der Waals surface area contributed by atoms with Crippen LogP contribution in [-0.2, 0) is 14.8 Å². The highest BCUT2D eigenvalue weighted by Gasteiger charge is 2.40. The number of nitrogens with zero attached hydrogens (tertiary/aromatic N) is 1. The van der Waals surface area contributed by atoms with Crippen molar-refractivity contribution < 1.29 is 23.4 Å². The molecule has 166 valence electrons. The Kier molecular flexibility index (Phi) is 6.80. The van der Waals surface area contributed by atoms with E-state index in [0.29, 0.717) is 19.4 Å². The van der Waals surface area contributed by atoms with Crippen LogP contribution in [0.1, 0.15) is 59.3 Å². The molecule has 7 nitrogen and oxygen atoms in total. The Morgan fingerprint density at radius 1 is 1.21 bits per heavy atom. The summed E-state index contributed by atoms with van der Waals surface area (Å²) in [6.45, 7) is 5.96. The maximum atomic E-state index is 11.9. The summed E-state index contributed by atoms with van der Waals surface area (Å²) in [5.41, 5.74) is 1.19. The second kappa shape index (κ2) is 8.67. The van der Waals surface area contributed by atoms with Gasteiger partial charge in [0.25, 0.3) is 0 Å². The summed E-state index contributed by atoms with van der Waals surface area (Å²) in [6, 6.07) is -0.578. The van der Waals surface area contributed by atoms with Gasteiger partial charge in [0.1, 0.15) is 6.23 Å². The molecule has 2 aliphatic heterocycles. The van der Waals surface area contributed by atoms with Gasteiger partial charge in [-0.05, 0) is 76.9 Å². The van der Waals surface area contributed by atoms with E-state index in [1.165, 1.54) is 6.26 Å². The highest BCUT2D eigenvalue weighted by Crippen LogP contribution is 2.36. The Hall–Kier alpha value is -0.930. The number of sulfonamides is 1. The van der Waals surface area contributed by atoms with Crippen molar-refractivity contribution >= 4 is 10.0 Å². The van der Waals surface area contributed by atoms with E-state index < -0.39 is 21.9 Å². The average Bonchev–Trinajstić information content (AvgIpc) is 2.62. The molecule has 0 spiro atoms. The van der Waals surface area contributed by atoms with Gasteiger partial charge < -0.3 is 19.8 Å². The zero-order valence-corrected chi connectivity index (χ0v) is 18.8. The van der Waals surface area contributed by atoms with Crippen molar-refractivity contribution in [2.75, 3.05) is 12.9 Å². The summed E-state index contributed by atoms with van der Waals surface area (Å²) in [7, 11) is -3.37. The highest BCUT2D eigenvalue weighted by atomic mass is 32.2. The first-order valence-corrected chi connectivity index (χ1v) is 12.5. The third kappa shape index (κ3) is 5.61. The molecule has 0 bridgehead atoms. The van der Waals surface area contributed by atoms with Crippen molar-refractivity contribution in [3.8, 4) is 0 Å². The van der Waals surface area contributed by atoms with Crippen LogP contribution in [-0.4, -0.2) is 66.4 Å². The number of nitrogens with one attached hydrogen (secondary N) is 1. The predicted octanol–water partition coefficient (Wildman–Crippen LogP) is 1.88. The monoisotopic (exact) mass is 428 g/mol. The van der Waals surface area contributed by atoms with E-state index in [1.54, 1.807) is 0 Å². The van der Waals surface area contributed by atoms with Gasteiger partial charge in [-0.1, -0.05) is 6.08 Å². The molecule has 0 aromatic rings. The normalized spacial score (nSPS) is 33.7. The molecule has 3 aliphatic rings. The van der Waals surface area contributed by atoms with E-state index in [-0.39, 0.29) is 24.1 Å². The molecule has 0 aromatic heterocycles. The molecule has 3 N–H and O–H groups in total. The molecule has 0 aromatic carbocycles. The lowest BCUT2D eigenvalue weighted by atomic mass is 9.78. The molecular weight excluding hydrogens is 392 g/mol. The van der Waals surface area contributed by atoms with Gasteiger partial charge in [0.05, 0.1) is 30.6 Å². The highest BCUT2D eigenvalue weighted by molar-refractivity contribution is 7.88. The van der Waals surface area contributed by atoms with Gasteiger partial charge in [0.2, 0.25) is 10.0 Å². The first kappa shape index (κ1) is 22.7. The number of aliphatic hydroxyl groups is 2. The van der Waals surface area contributed by atoms with Crippen LogP contribution >= 0.6 is 0 Å². The summed E-state index contributed by atoms with van der Waals surface area (Å²) in [5.74, 6) is 0.280. The lowest BCUT2D eigenvalue weighted by molar-refractivity contribution is -0.0731. The molecule has 0 radical (unpaired) electrons. The average molecular weight is 429 g/mol. The Labute approximate surface area is 174 Å². The third-order valence-corrected chi connectivity index (χ3v) is 7.35. The van der Waals surface area contributed by atoms with E-state index in [0.717, 1.165) is 37.0 Å². The Morgan fingerprint density at radius 2 is 1.86 bits per heavy atom. The van der Waals surface area contributed by atoms with E-state index >= 15 is 0 Å². The van der Waals surface area contributed by atoms with Gasteiger partial charge >= 0.3 is 0 Å². The fourth-order valence-corrected chi connectivity index (χ4v) is 5.68. The molecule has 3 rings (SSSR count). The summed E-state index contributed by atoms with van der Waals surface area (Å²) >= 11 is 0. The molecule has 29 heavy (non-hydrogen) atoms. The maximum Gasteiger partial charge on any atom is 0.209 e. The summed E-state index contributed by atoms with van der Waals surface area (Å²) in [4.78, 5) is 1.92. The standard InChI is InChI=1S/C21H36N2O5S/c1-14-5-8-16-9-12-18(22-29(4,26)27)19(23(16)20(14)24)13-28-17-10-6-15(7-11-17)21(2,3)25/h5,8,15,17-20,22,24-25H,6-7,9-13H2,1-4H3. The Morgan fingerprint density at radius 3 is 2.45 bits per heavy atom. The number of piperidine rings is 1. The molecule has 3 unspecified atom stereocenters.